The number of carbonyl (C=O) groups excluding carboxylic acids is 1. The zero-order chi connectivity index (χ0) is 17.4. The number of rotatable bonds is 3. The highest BCUT2D eigenvalue weighted by atomic mass is 35.5. The monoisotopic (exact) mass is 369 g/mol. The van der Waals surface area contributed by atoms with Crippen LogP contribution < -0.4 is 4.90 Å². The smallest absolute Gasteiger partial charge is 0.348 e. The lowest BCUT2D eigenvalue weighted by atomic mass is 10.1. The molecule has 0 radical (unpaired) electrons. The first-order chi connectivity index (χ1) is 11.4. The number of morpholine rings is 1. The maximum Gasteiger partial charge on any atom is 0.348 e. The molecule has 0 aliphatic carbocycles. The molecule has 3 rings (SSSR count). The molecule has 0 spiro atoms. The molecule has 1 aliphatic heterocycles. The molecule has 0 N–H and O–H groups in total. The van der Waals surface area contributed by atoms with Crippen LogP contribution in [0.1, 0.15) is 36.0 Å². The third-order valence-electron chi connectivity index (χ3n) is 3.92. The van der Waals surface area contributed by atoms with Crippen LogP contribution >= 0.6 is 22.9 Å². The molecule has 2 unspecified atom stereocenters. The van der Waals surface area contributed by atoms with Gasteiger partial charge in [0.2, 0.25) is 5.28 Å². The van der Waals surface area contributed by atoms with Crippen molar-refractivity contribution in [1.82, 2.24) is 9.97 Å². The van der Waals surface area contributed by atoms with Crippen molar-refractivity contribution in [2.75, 3.05) is 24.6 Å². The van der Waals surface area contributed by atoms with Crippen molar-refractivity contribution in [3.05, 3.63) is 15.7 Å². The standard InChI is InChI=1S/C16H20ClN3O3S/c1-5-22-15(21)12-10(4)11-13(18-16(17)19-14(11)24-12)20-6-8(2)23-9(3)7-20/h8-9H,5-7H2,1-4H3. The van der Waals surface area contributed by atoms with E-state index in [1.807, 2.05) is 20.8 Å². The normalized spacial score (nSPS) is 21.3. The number of anilines is 1. The zero-order valence-electron chi connectivity index (χ0n) is 14.1. The predicted octanol–water partition coefficient (Wildman–Crippen LogP) is 3.44. The third kappa shape index (κ3) is 3.20. The Kier molecular flexibility index (Phi) is 4.94. The molecule has 8 heteroatoms. The van der Waals surface area contributed by atoms with E-state index in [1.165, 1.54) is 11.3 Å². The van der Waals surface area contributed by atoms with Gasteiger partial charge >= 0.3 is 5.97 Å². The number of thiophene rings is 1. The van der Waals surface area contributed by atoms with Crippen LogP contribution in [0.2, 0.25) is 5.28 Å². The summed E-state index contributed by atoms with van der Waals surface area (Å²) in [6.45, 7) is 9.54. The van der Waals surface area contributed by atoms with Crippen molar-refractivity contribution in [2.45, 2.75) is 39.9 Å². The summed E-state index contributed by atoms with van der Waals surface area (Å²) in [5, 5.41) is 1.05. The Morgan fingerprint density at radius 3 is 2.67 bits per heavy atom. The van der Waals surface area contributed by atoms with Crippen LogP contribution in [0.3, 0.4) is 0 Å². The first-order valence-electron chi connectivity index (χ1n) is 7.94. The van der Waals surface area contributed by atoms with Crippen molar-refractivity contribution in [2.24, 2.45) is 0 Å². The number of nitrogens with zero attached hydrogens (tertiary/aromatic N) is 3. The Labute approximate surface area is 149 Å². The van der Waals surface area contributed by atoms with Crippen LogP contribution in [0, 0.1) is 6.92 Å². The number of hydrogen-bond acceptors (Lipinski definition) is 7. The first kappa shape index (κ1) is 17.4. The second-order valence-corrected chi connectivity index (χ2v) is 7.27. The lowest BCUT2D eigenvalue weighted by molar-refractivity contribution is -0.00537. The van der Waals surface area contributed by atoms with E-state index >= 15 is 0 Å². The predicted molar refractivity (Wildman–Crippen MR) is 95.3 cm³/mol. The van der Waals surface area contributed by atoms with Crippen LogP contribution in [0.5, 0.6) is 0 Å². The van der Waals surface area contributed by atoms with E-state index in [2.05, 4.69) is 14.9 Å². The highest BCUT2D eigenvalue weighted by Gasteiger charge is 2.28. The Morgan fingerprint density at radius 2 is 2.04 bits per heavy atom. The maximum atomic E-state index is 12.2. The molecular weight excluding hydrogens is 350 g/mol. The van der Waals surface area contributed by atoms with Gasteiger partial charge < -0.3 is 14.4 Å². The number of halogens is 1. The van der Waals surface area contributed by atoms with Gasteiger partial charge in [-0.1, -0.05) is 0 Å². The fraction of sp³-hybridized carbons (Fsp3) is 0.562. The summed E-state index contributed by atoms with van der Waals surface area (Å²) in [4.78, 5) is 24.4. The summed E-state index contributed by atoms with van der Waals surface area (Å²) >= 11 is 7.43. The lowest BCUT2D eigenvalue weighted by Gasteiger charge is -2.36. The summed E-state index contributed by atoms with van der Waals surface area (Å²) in [7, 11) is 0. The average molecular weight is 370 g/mol. The molecule has 2 aromatic heterocycles. The number of hydrogen-bond donors (Lipinski definition) is 0. The SMILES string of the molecule is CCOC(=O)c1sc2nc(Cl)nc(N3CC(C)OC(C)C3)c2c1C. The molecule has 2 atom stereocenters. The molecule has 6 nitrogen and oxygen atoms in total. The number of aromatic nitrogens is 2. The lowest BCUT2D eigenvalue weighted by Crippen LogP contribution is -2.46. The summed E-state index contributed by atoms with van der Waals surface area (Å²) in [6.07, 6.45) is 0.196. The van der Waals surface area contributed by atoms with Gasteiger partial charge in [0.15, 0.2) is 0 Å². The average Bonchev–Trinajstić information content (AvgIpc) is 2.82. The molecule has 0 amide bonds. The Morgan fingerprint density at radius 1 is 1.38 bits per heavy atom. The van der Waals surface area contributed by atoms with Crippen molar-refractivity contribution >= 4 is 44.9 Å². The van der Waals surface area contributed by atoms with Crippen molar-refractivity contribution in [3.63, 3.8) is 0 Å². The van der Waals surface area contributed by atoms with Crippen molar-refractivity contribution in [1.29, 1.82) is 0 Å². The van der Waals surface area contributed by atoms with E-state index in [-0.39, 0.29) is 23.5 Å². The van der Waals surface area contributed by atoms with E-state index in [9.17, 15) is 4.79 Å². The van der Waals surface area contributed by atoms with Gasteiger partial charge in [0.05, 0.1) is 24.2 Å². The van der Waals surface area contributed by atoms with Gasteiger partial charge in [-0.3, -0.25) is 0 Å². The summed E-state index contributed by atoms with van der Waals surface area (Å²) < 4.78 is 10.9. The van der Waals surface area contributed by atoms with Crippen molar-refractivity contribution in [3.8, 4) is 0 Å². The number of esters is 1. The Balaban J connectivity index is 2.12. The fourth-order valence-electron chi connectivity index (χ4n) is 3.06. The highest BCUT2D eigenvalue weighted by molar-refractivity contribution is 7.20. The number of carbonyl (C=O) groups is 1. The van der Waals surface area contributed by atoms with Gasteiger partial charge in [0.1, 0.15) is 15.5 Å². The second-order valence-electron chi connectivity index (χ2n) is 5.94. The maximum absolute atomic E-state index is 12.2. The second kappa shape index (κ2) is 6.82. The van der Waals surface area contributed by atoms with Gasteiger partial charge in [-0.05, 0) is 44.9 Å². The molecule has 0 aromatic carbocycles. The molecule has 0 saturated carbocycles. The summed E-state index contributed by atoms with van der Waals surface area (Å²) in [5.74, 6) is 0.431. The third-order valence-corrected chi connectivity index (χ3v) is 5.26. The van der Waals surface area contributed by atoms with Crippen LogP contribution in [-0.2, 0) is 9.47 Å². The topological polar surface area (TPSA) is 64.5 Å². The van der Waals surface area contributed by atoms with Crippen LogP contribution in [0.4, 0.5) is 5.82 Å². The van der Waals surface area contributed by atoms with E-state index in [0.29, 0.717) is 16.3 Å². The fourth-order valence-corrected chi connectivity index (χ4v) is 4.35. The molecule has 1 aliphatic rings. The minimum Gasteiger partial charge on any atom is -0.462 e. The van der Waals surface area contributed by atoms with E-state index < -0.39 is 0 Å². The zero-order valence-corrected chi connectivity index (χ0v) is 15.7. The summed E-state index contributed by atoms with van der Waals surface area (Å²) in [5.41, 5.74) is 0.840. The van der Waals surface area contributed by atoms with Crippen molar-refractivity contribution < 1.29 is 14.3 Å². The molecule has 24 heavy (non-hydrogen) atoms. The highest BCUT2D eigenvalue weighted by Crippen LogP contribution is 2.37. The Hall–Kier alpha value is -1.44. The van der Waals surface area contributed by atoms with E-state index in [0.717, 1.165) is 29.9 Å². The van der Waals surface area contributed by atoms with E-state index in [1.54, 1.807) is 6.92 Å². The van der Waals surface area contributed by atoms with Gasteiger partial charge in [-0.2, -0.15) is 4.98 Å². The number of fused-ring (bicyclic) bond motifs is 1. The van der Waals surface area contributed by atoms with Crippen LogP contribution in [0.15, 0.2) is 0 Å². The molecular formula is C16H20ClN3O3S. The minimum atomic E-state index is -0.330. The Bertz CT molecular complexity index is 770. The largest absolute Gasteiger partial charge is 0.462 e. The van der Waals surface area contributed by atoms with Gasteiger partial charge in [0.25, 0.3) is 0 Å². The first-order valence-corrected chi connectivity index (χ1v) is 9.14. The summed E-state index contributed by atoms with van der Waals surface area (Å²) in [6, 6.07) is 0. The van der Waals surface area contributed by atoms with Gasteiger partial charge in [-0.25, -0.2) is 9.78 Å². The van der Waals surface area contributed by atoms with E-state index in [4.69, 9.17) is 21.1 Å². The van der Waals surface area contributed by atoms with Crippen LogP contribution in [-0.4, -0.2) is 47.8 Å². The molecule has 0 bridgehead atoms. The molecule has 2 aromatic rings. The molecule has 3 heterocycles. The van der Waals surface area contributed by atoms with Gasteiger partial charge in [-0.15, -0.1) is 11.3 Å². The minimum absolute atomic E-state index is 0.0982. The molecule has 1 fully saturated rings. The quantitative estimate of drug-likeness (QED) is 0.610. The number of ether oxygens (including phenoxy) is 2. The molecule has 130 valence electrons. The molecule has 1 saturated heterocycles. The number of aryl methyl sites for hydroxylation is 1. The van der Waals surface area contributed by atoms with Crippen LogP contribution in [0.25, 0.3) is 10.2 Å². The van der Waals surface area contributed by atoms with Gasteiger partial charge in [0, 0.05) is 13.1 Å².